The molecule has 0 aliphatic carbocycles. The molecule has 0 saturated carbocycles. The van der Waals surface area contributed by atoms with Crippen molar-refractivity contribution in [2.24, 2.45) is 5.14 Å². The van der Waals surface area contributed by atoms with E-state index in [0.717, 1.165) is 7.05 Å². The second-order valence-electron chi connectivity index (χ2n) is 5.69. The Labute approximate surface area is 139 Å². The average molecular weight is 361 g/mol. The smallest absolute Gasteiger partial charge is 0.392 e. The number of piperazine rings is 1. The number of carbonyl (C=O) groups excluding carboxylic acids is 2. The highest BCUT2D eigenvalue weighted by Gasteiger charge is 2.60. The minimum Gasteiger partial charge on any atom is -0.481 e. The van der Waals surface area contributed by atoms with Gasteiger partial charge in [-0.05, 0) is 0 Å². The monoisotopic (exact) mass is 361 g/mol. The molecule has 1 saturated heterocycles. The van der Waals surface area contributed by atoms with Gasteiger partial charge in [-0.15, -0.1) is 9.97 Å². The van der Waals surface area contributed by atoms with E-state index in [9.17, 15) is 18.0 Å². The maximum atomic E-state index is 12.4. The lowest BCUT2D eigenvalue weighted by Gasteiger charge is -2.37. The van der Waals surface area contributed by atoms with Gasteiger partial charge in [-0.1, -0.05) is 3.89 Å². The van der Waals surface area contributed by atoms with Crippen molar-refractivity contribution in [2.45, 2.75) is 0 Å². The van der Waals surface area contributed by atoms with E-state index in [1.165, 1.54) is 27.3 Å². The van der Waals surface area contributed by atoms with E-state index in [1.54, 1.807) is 0 Å². The zero-order valence-electron chi connectivity index (χ0n) is 13.7. The maximum absolute atomic E-state index is 12.4. The van der Waals surface area contributed by atoms with Crippen LogP contribution in [0, 0.1) is 0 Å². The molecular formula is C12H19N5O6S+2. The van der Waals surface area contributed by atoms with E-state index in [0.29, 0.717) is 0 Å². The van der Waals surface area contributed by atoms with Crippen LogP contribution in [0.3, 0.4) is 0 Å². The standard InChI is InChI=1S/C12H19N5O6S/c1-16(12-14-8(22-3)5-9(15-12)23-4)6-10(18)17(2,11(19)7-16)24(13,20)21/h5H,6-7H2,1-4H3,(H2,13,20,21)/q+2. The molecular weight excluding hydrogens is 342 g/mol. The first kappa shape index (κ1) is 18.2. The number of hydrogen-bond donors (Lipinski definition) is 1. The van der Waals surface area contributed by atoms with Gasteiger partial charge in [-0.2, -0.15) is 13.6 Å². The van der Waals surface area contributed by atoms with Crippen LogP contribution in [-0.2, 0) is 19.8 Å². The minimum atomic E-state index is -4.44. The van der Waals surface area contributed by atoms with Gasteiger partial charge in [0.05, 0.1) is 27.3 Å². The first-order valence-corrected chi connectivity index (χ1v) is 8.26. The summed E-state index contributed by atoms with van der Waals surface area (Å²) in [6.07, 6.45) is 0. The third-order valence-corrected chi connectivity index (χ3v) is 5.42. The first-order chi connectivity index (χ1) is 11.0. The molecule has 2 heterocycles. The summed E-state index contributed by atoms with van der Waals surface area (Å²) in [7, 11) is 0.855. The number of ether oxygens (including phenoxy) is 2. The van der Waals surface area contributed by atoms with Crippen LogP contribution in [0.15, 0.2) is 6.07 Å². The Morgan fingerprint density at radius 2 is 1.46 bits per heavy atom. The van der Waals surface area contributed by atoms with Crippen LogP contribution >= 0.6 is 0 Å². The molecule has 0 aromatic carbocycles. The van der Waals surface area contributed by atoms with E-state index in [1.807, 2.05) is 0 Å². The molecule has 0 unspecified atom stereocenters. The molecule has 0 radical (unpaired) electrons. The Morgan fingerprint density at radius 3 is 1.79 bits per heavy atom. The average Bonchev–Trinajstić information content (AvgIpc) is 2.50. The van der Waals surface area contributed by atoms with E-state index in [2.05, 4.69) is 9.97 Å². The fraction of sp³-hybridized carbons (Fsp3) is 0.500. The van der Waals surface area contributed by atoms with Crippen molar-refractivity contribution in [3.63, 3.8) is 0 Å². The number of rotatable bonds is 4. The number of amides is 2. The Balaban J connectivity index is 2.51. The van der Waals surface area contributed by atoms with Gasteiger partial charge < -0.3 is 9.47 Å². The fourth-order valence-electron chi connectivity index (χ4n) is 2.33. The molecule has 1 aromatic rings. The third kappa shape index (κ3) is 2.73. The van der Waals surface area contributed by atoms with Gasteiger partial charge in [0.15, 0.2) is 0 Å². The van der Waals surface area contributed by atoms with Crippen LogP contribution in [0.4, 0.5) is 5.95 Å². The zero-order chi connectivity index (χ0) is 18.3. The van der Waals surface area contributed by atoms with Gasteiger partial charge in [0.1, 0.15) is 7.05 Å². The number of carbonyl (C=O) groups is 2. The van der Waals surface area contributed by atoms with E-state index in [-0.39, 0.29) is 35.3 Å². The van der Waals surface area contributed by atoms with Crippen molar-refractivity contribution in [1.82, 2.24) is 14.5 Å². The molecule has 0 atom stereocenters. The summed E-state index contributed by atoms with van der Waals surface area (Å²) in [6, 6.07) is 1.44. The molecule has 132 valence electrons. The van der Waals surface area contributed by atoms with Crippen molar-refractivity contribution in [3.05, 3.63) is 6.07 Å². The quantitative estimate of drug-likeness (QED) is 0.487. The molecule has 2 rings (SSSR count). The summed E-state index contributed by atoms with van der Waals surface area (Å²) in [6.45, 7) is -0.677. The van der Waals surface area contributed by atoms with Crippen molar-refractivity contribution >= 4 is 28.0 Å². The van der Waals surface area contributed by atoms with Crippen molar-refractivity contribution < 1.29 is 31.4 Å². The minimum absolute atomic E-state index is 0.0913. The van der Waals surface area contributed by atoms with Crippen molar-refractivity contribution in [1.29, 1.82) is 0 Å². The second-order valence-corrected chi connectivity index (χ2v) is 7.45. The molecule has 1 aromatic heterocycles. The number of aromatic nitrogens is 2. The largest absolute Gasteiger partial charge is 0.481 e. The molecule has 2 amide bonds. The molecule has 1 aliphatic heterocycles. The zero-order valence-corrected chi connectivity index (χ0v) is 14.5. The van der Waals surface area contributed by atoms with Gasteiger partial charge in [-0.25, -0.2) is 14.1 Å². The van der Waals surface area contributed by atoms with Crippen LogP contribution in [0.2, 0.25) is 0 Å². The van der Waals surface area contributed by atoms with Crippen LogP contribution in [0.1, 0.15) is 0 Å². The van der Waals surface area contributed by atoms with Gasteiger partial charge in [-0.3, -0.25) is 0 Å². The number of imide groups is 1. The summed E-state index contributed by atoms with van der Waals surface area (Å²) in [5, 5.41) is 5.07. The highest BCUT2D eigenvalue weighted by Crippen LogP contribution is 2.28. The lowest BCUT2D eigenvalue weighted by Crippen LogP contribution is -2.73. The summed E-state index contributed by atoms with van der Waals surface area (Å²) in [4.78, 5) is 33.1. The lowest BCUT2D eigenvalue weighted by atomic mass is 10.2. The van der Waals surface area contributed by atoms with E-state index < -0.39 is 25.9 Å². The normalized spacial score (nSPS) is 27.9. The predicted molar refractivity (Wildman–Crippen MR) is 81.9 cm³/mol. The number of nitrogens with two attached hydrogens (primary N) is 1. The number of methoxy groups -OCH3 is 2. The van der Waals surface area contributed by atoms with E-state index >= 15 is 0 Å². The predicted octanol–water partition coefficient (Wildman–Crippen LogP) is -1.85. The summed E-state index contributed by atoms with van der Waals surface area (Å²) >= 11 is 0. The fourth-order valence-corrected chi connectivity index (χ4v) is 3.01. The van der Waals surface area contributed by atoms with Crippen molar-refractivity contribution in [3.8, 4) is 11.8 Å². The molecule has 24 heavy (non-hydrogen) atoms. The highest BCUT2D eigenvalue weighted by molar-refractivity contribution is 7.84. The van der Waals surface area contributed by atoms with Gasteiger partial charge in [0, 0.05) is 0 Å². The SMILES string of the molecule is COc1cc(OC)nc([N+]2(C)CC(=O)[N+](C)(S(N)(=O)=O)C(=O)C2)n1. The molecule has 1 aliphatic rings. The Morgan fingerprint density at radius 1 is 1.04 bits per heavy atom. The van der Waals surface area contributed by atoms with Crippen LogP contribution in [0.5, 0.6) is 11.8 Å². The summed E-state index contributed by atoms with van der Waals surface area (Å²) in [5.74, 6) is -1.28. The molecule has 0 spiro atoms. The molecule has 2 N–H and O–H groups in total. The summed E-state index contributed by atoms with van der Waals surface area (Å²) in [5.41, 5.74) is 0. The number of likely N-dealkylation sites (N-methyl/N-ethyl adjacent to an activating group) is 2. The van der Waals surface area contributed by atoms with Crippen LogP contribution in [0.25, 0.3) is 0 Å². The van der Waals surface area contributed by atoms with E-state index in [4.69, 9.17) is 14.6 Å². The molecule has 1 fully saturated rings. The first-order valence-electron chi connectivity index (χ1n) is 6.76. The second kappa shape index (κ2) is 5.73. The van der Waals surface area contributed by atoms with Gasteiger partial charge >= 0.3 is 28.0 Å². The molecule has 12 heteroatoms. The lowest BCUT2D eigenvalue weighted by molar-refractivity contribution is -0.629. The third-order valence-electron chi connectivity index (χ3n) is 4.00. The maximum Gasteiger partial charge on any atom is 0.392 e. The highest BCUT2D eigenvalue weighted by atomic mass is 32.2. The Hall–Kier alpha value is -2.15. The molecule has 0 bridgehead atoms. The Kier molecular flexibility index (Phi) is 4.35. The topological polar surface area (TPSA) is 139 Å². The number of quaternary nitrogens is 2. The number of nitrogens with zero attached hydrogens (tertiary/aromatic N) is 4. The van der Waals surface area contributed by atoms with Gasteiger partial charge in [0.2, 0.25) is 24.8 Å². The van der Waals surface area contributed by atoms with Gasteiger partial charge in [0.25, 0.3) is 0 Å². The van der Waals surface area contributed by atoms with Crippen LogP contribution < -0.4 is 19.1 Å². The van der Waals surface area contributed by atoms with Crippen molar-refractivity contribution in [2.75, 3.05) is 41.4 Å². The summed E-state index contributed by atoms with van der Waals surface area (Å²) < 4.78 is 31.7. The number of hydrogen-bond acceptors (Lipinski definition) is 8. The van der Waals surface area contributed by atoms with Crippen LogP contribution in [-0.4, -0.2) is 75.5 Å². The molecule has 11 nitrogen and oxygen atoms in total. The Bertz CT molecular complexity index is 768.